The zero-order valence-corrected chi connectivity index (χ0v) is 22.3. The van der Waals surface area contributed by atoms with Gasteiger partial charge in [0, 0.05) is 37.2 Å². The molecule has 0 saturated carbocycles. The fourth-order valence-corrected chi connectivity index (χ4v) is 3.93. The van der Waals surface area contributed by atoms with Crippen LogP contribution >= 0.6 is 0 Å². The Bertz CT molecular complexity index is 1170. The molecule has 1 aliphatic rings. The molecule has 0 fully saturated rings. The average molecular weight is 509 g/mol. The summed E-state index contributed by atoms with van der Waals surface area (Å²) in [5.74, 6) is 6.61. The second kappa shape index (κ2) is 12.5. The standard InChI is InChI=1S/C28H36N4O5/c1-18(2)11-12-21-13-22-26(29-14-21)37-25(19(3)15-32(27(22)34)20(4)17-33)16-31(5)28(35)30-23-9-7-8-10-24(23)36-6/h7-10,13-14,18-20,25,33H,15-17H2,1-6H3,(H,30,35)/t19-,20-,25-/m0/s1. The van der Waals surface area contributed by atoms with Gasteiger partial charge in [-0.25, -0.2) is 9.78 Å². The summed E-state index contributed by atoms with van der Waals surface area (Å²) in [7, 11) is 3.22. The quantitative estimate of drug-likeness (QED) is 0.579. The van der Waals surface area contributed by atoms with Gasteiger partial charge in [-0.3, -0.25) is 4.79 Å². The normalized spacial score (nSPS) is 17.9. The molecule has 1 aromatic carbocycles. The van der Waals surface area contributed by atoms with Crippen LogP contribution in [-0.2, 0) is 0 Å². The third-order valence-corrected chi connectivity index (χ3v) is 6.18. The molecule has 0 saturated heterocycles. The van der Waals surface area contributed by atoms with Crippen LogP contribution < -0.4 is 14.8 Å². The maximum atomic E-state index is 13.5. The molecular weight excluding hydrogens is 472 g/mol. The number of methoxy groups -OCH3 is 1. The Labute approximate surface area is 218 Å². The minimum Gasteiger partial charge on any atom is -0.495 e. The summed E-state index contributed by atoms with van der Waals surface area (Å²) in [5.41, 5.74) is 1.46. The van der Waals surface area contributed by atoms with Gasteiger partial charge in [0.2, 0.25) is 5.88 Å². The van der Waals surface area contributed by atoms with Gasteiger partial charge in [-0.05, 0) is 25.1 Å². The zero-order chi connectivity index (χ0) is 27.1. The monoisotopic (exact) mass is 508 g/mol. The first-order chi connectivity index (χ1) is 17.6. The summed E-state index contributed by atoms with van der Waals surface area (Å²) in [6.45, 7) is 8.13. The zero-order valence-electron chi connectivity index (χ0n) is 22.3. The van der Waals surface area contributed by atoms with Crippen molar-refractivity contribution in [2.45, 2.75) is 39.8 Å². The Morgan fingerprint density at radius 2 is 2.08 bits per heavy atom. The van der Waals surface area contributed by atoms with E-state index in [2.05, 4.69) is 22.1 Å². The molecule has 0 aliphatic carbocycles. The molecule has 2 N–H and O–H groups in total. The van der Waals surface area contributed by atoms with Gasteiger partial charge in [0.15, 0.2) is 0 Å². The van der Waals surface area contributed by atoms with Gasteiger partial charge in [0.1, 0.15) is 17.4 Å². The van der Waals surface area contributed by atoms with Gasteiger partial charge in [-0.15, -0.1) is 0 Å². The molecule has 3 amide bonds. The van der Waals surface area contributed by atoms with Crippen molar-refractivity contribution in [3.63, 3.8) is 0 Å². The van der Waals surface area contributed by atoms with Gasteiger partial charge in [-0.2, -0.15) is 0 Å². The number of aliphatic hydroxyl groups excluding tert-OH is 1. The lowest BCUT2D eigenvalue weighted by Gasteiger charge is -2.37. The first-order valence-corrected chi connectivity index (χ1v) is 12.4. The molecule has 198 valence electrons. The first kappa shape index (κ1) is 27.8. The number of aliphatic hydroxyl groups is 1. The van der Waals surface area contributed by atoms with Crippen LogP contribution in [0.5, 0.6) is 11.6 Å². The topological polar surface area (TPSA) is 104 Å². The molecule has 2 aromatic rings. The lowest BCUT2D eigenvalue weighted by molar-refractivity contribution is 0.0356. The van der Waals surface area contributed by atoms with Gasteiger partial charge >= 0.3 is 6.03 Å². The largest absolute Gasteiger partial charge is 0.495 e. The van der Waals surface area contributed by atoms with Gasteiger partial charge in [0.05, 0.1) is 32.0 Å². The van der Waals surface area contributed by atoms with Crippen LogP contribution in [0, 0.1) is 23.7 Å². The second-order valence-corrected chi connectivity index (χ2v) is 9.63. The summed E-state index contributed by atoms with van der Waals surface area (Å²) >= 11 is 0. The number of anilines is 1. The number of carbonyl (C=O) groups excluding carboxylic acids is 2. The number of likely N-dealkylation sites (N-methyl/N-ethyl adjacent to an activating group) is 1. The van der Waals surface area contributed by atoms with E-state index in [4.69, 9.17) is 9.47 Å². The summed E-state index contributed by atoms with van der Waals surface area (Å²) < 4.78 is 11.6. The maximum absolute atomic E-state index is 13.5. The number of hydrogen-bond acceptors (Lipinski definition) is 6. The smallest absolute Gasteiger partial charge is 0.321 e. The second-order valence-electron chi connectivity index (χ2n) is 9.63. The highest BCUT2D eigenvalue weighted by Gasteiger charge is 2.34. The van der Waals surface area contributed by atoms with E-state index < -0.39 is 12.1 Å². The lowest BCUT2D eigenvalue weighted by Crippen LogP contribution is -2.50. The minimum atomic E-state index is -0.464. The van der Waals surface area contributed by atoms with E-state index in [-0.39, 0.29) is 48.4 Å². The molecular formula is C28H36N4O5. The number of para-hydroxylation sites is 2. The van der Waals surface area contributed by atoms with Crippen molar-refractivity contribution in [2.24, 2.45) is 11.8 Å². The van der Waals surface area contributed by atoms with Crippen molar-refractivity contribution in [3.05, 3.63) is 47.7 Å². The highest BCUT2D eigenvalue weighted by Crippen LogP contribution is 2.28. The van der Waals surface area contributed by atoms with Gasteiger partial charge in [0.25, 0.3) is 5.91 Å². The number of nitrogens with zero attached hydrogens (tertiary/aromatic N) is 3. The Kier molecular flexibility index (Phi) is 9.36. The lowest BCUT2D eigenvalue weighted by atomic mass is 10.00. The van der Waals surface area contributed by atoms with E-state index in [1.54, 1.807) is 50.4 Å². The van der Waals surface area contributed by atoms with Crippen molar-refractivity contribution in [1.82, 2.24) is 14.8 Å². The van der Waals surface area contributed by atoms with Crippen LogP contribution in [0.25, 0.3) is 0 Å². The number of ether oxygens (including phenoxy) is 2. The summed E-state index contributed by atoms with van der Waals surface area (Å²) in [4.78, 5) is 34.1. The van der Waals surface area contributed by atoms with Crippen molar-refractivity contribution in [2.75, 3.05) is 39.2 Å². The number of pyridine rings is 1. The number of hydrogen-bond donors (Lipinski definition) is 2. The molecule has 1 aliphatic heterocycles. The molecule has 0 spiro atoms. The molecule has 0 radical (unpaired) electrons. The van der Waals surface area contributed by atoms with Crippen molar-refractivity contribution >= 4 is 17.6 Å². The number of urea groups is 1. The van der Waals surface area contributed by atoms with E-state index in [9.17, 15) is 14.7 Å². The maximum Gasteiger partial charge on any atom is 0.321 e. The fourth-order valence-electron chi connectivity index (χ4n) is 3.93. The van der Waals surface area contributed by atoms with Crippen LogP contribution in [0.4, 0.5) is 10.5 Å². The van der Waals surface area contributed by atoms with Crippen LogP contribution in [0.15, 0.2) is 36.5 Å². The first-order valence-electron chi connectivity index (χ1n) is 12.4. The van der Waals surface area contributed by atoms with Gasteiger partial charge < -0.3 is 29.7 Å². The molecule has 2 heterocycles. The Balaban J connectivity index is 1.89. The predicted molar refractivity (Wildman–Crippen MR) is 142 cm³/mol. The van der Waals surface area contributed by atoms with Crippen LogP contribution in [0.3, 0.4) is 0 Å². The number of carbonyl (C=O) groups is 2. The molecule has 0 unspecified atom stereocenters. The summed E-state index contributed by atoms with van der Waals surface area (Å²) in [6.07, 6.45) is 1.12. The molecule has 9 heteroatoms. The minimum absolute atomic E-state index is 0.158. The van der Waals surface area contributed by atoms with Crippen molar-refractivity contribution in [1.29, 1.82) is 0 Å². The van der Waals surface area contributed by atoms with Crippen LogP contribution in [-0.4, -0.2) is 77.8 Å². The van der Waals surface area contributed by atoms with Crippen LogP contribution in [0.2, 0.25) is 0 Å². The number of fused-ring (bicyclic) bond motifs is 1. The number of benzene rings is 1. The van der Waals surface area contributed by atoms with Gasteiger partial charge in [-0.1, -0.05) is 44.7 Å². The number of aromatic nitrogens is 1. The van der Waals surface area contributed by atoms with E-state index >= 15 is 0 Å². The molecule has 3 atom stereocenters. The summed E-state index contributed by atoms with van der Waals surface area (Å²) in [6, 6.07) is 8.12. The third kappa shape index (κ3) is 6.92. The van der Waals surface area contributed by atoms with Crippen molar-refractivity contribution < 1.29 is 24.2 Å². The highest BCUT2D eigenvalue weighted by atomic mass is 16.5. The van der Waals surface area contributed by atoms with E-state index in [0.29, 0.717) is 23.5 Å². The molecule has 3 rings (SSSR count). The number of nitrogens with one attached hydrogen (secondary N) is 1. The fraction of sp³-hybridized carbons (Fsp3) is 0.464. The molecule has 1 aromatic heterocycles. The summed E-state index contributed by atoms with van der Waals surface area (Å²) in [5, 5.41) is 12.7. The highest BCUT2D eigenvalue weighted by molar-refractivity contribution is 5.97. The average Bonchev–Trinajstić information content (AvgIpc) is 2.89. The van der Waals surface area contributed by atoms with Crippen molar-refractivity contribution in [3.8, 4) is 23.5 Å². The molecule has 9 nitrogen and oxygen atoms in total. The number of rotatable bonds is 6. The van der Waals surface area contributed by atoms with E-state index in [1.807, 2.05) is 32.9 Å². The molecule has 0 bridgehead atoms. The number of amides is 3. The Morgan fingerprint density at radius 1 is 1.35 bits per heavy atom. The molecule has 37 heavy (non-hydrogen) atoms. The SMILES string of the molecule is COc1ccccc1NC(=O)N(C)C[C@@H]1Oc2ncc(C#CC(C)C)cc2C(=O)N([C@@H](C)CO)C[C@@H]1C. The van der Waals surface area contributed by atoms with Crippen LogP contribution in [0.1, 0.15) is 43.6 Å². The third-order valence-electron chi connectivity index (χ3n) is 6.18. The predicted octanol–water partition coefficient (Wildman–Crippen LogP) is 3.48. The Morgan fingerprint density at radius 3 is 2.76 bits per heavy atom. The van der Waals surface area contributed by atoms with E-state index in [1.165, 1.54) is 4.90 Å². The Hall–Kier alpha value is -3.77. The van der Waals surface area contributed by atoms with E-state index in [0.717, 1.165) is 0 Å².